The number of carbonyl (C=O) groups excluding carboxylic acids is 1. The van der Waals surface area contributed by atoms with Gasteiger partial charge in [0, 0.05) is 17.1 Å². The number of pyridine rings is 1. The number of nitrogens with one attached hydrogen (secondary N) is 2. The van der Waals surface area contributed by atoms with Gasteiger partial charge in [0.05, 0.1) is 11.9 Å². The van der Waals surface area contributed by atoms with Gasteiger partial charge in [-0.25, -0.2) is 0 Å². The van der Waals surface area contributed by atoms with Gasteiger partial charge >= 0.3 is 0 Å². The van der Waals surface area contributed by atoms with E-state index in [4.69, 9.17) is 0 Å². The normalized spacial score (nSPS) is 11.5. The van der Waals surface area contributed by atoms with E-state index in [-0.39, 0.29) is 16.9 Å². The Morgan fingerprint density at radius 3 is 2.54 bits per heavy atom. The molecule has 3 aromatic rings. The van der Waals surface area contributed by atoms with Crippen LogP contribution in [0.25, 0.3) is 10.9 Å². The van der Waals surface area contributed by atoms with Crippen molar-refractivity contribution in [3.63, 3.8) is 0 Å². The van der Waals surface area contributed by atoms with Gasteiger partial charge < -0.3 is 10.3 Å². The summed E-state index contributed by atoms with van der Waals surface area (Å²) in [7, 11) is 0. The largest absolute Gasteiger partial charge is 0.326 e. The lowest BCUT2D eigenvalue weighted by atomic mass is 9.85. The minimum Gasteiger partial charge on any atom is -0.326 e. The molecule has 2 aromatic carbocycles. The monoisotopic (exact) mass is 348 g/mol. The van der Waals surface area contributed by atoms with E-state index in [1.165, 1.54) is 0 Å². The van der Waals surface area contributed by atoms with E-state index >= 15 is 0 Å². The van der Waals surface area contributed by atoms with Crippen LogP contribution in [0.5, 0.6) is 0 Å². The third-order valence-corrected chi connectivity index (χ3v) is 4.38. The Kier molecular flexibility index (Phi) is 4.68. The summed E-state index contributed by atoms with van der Waals surface area (Å²) in [6.07, 6.45) is 0.318. The number of amides is 1. The average Bonchev–Trinajstić information content (AvgIpc) is 2.52. The number of aromatic nitrogens is 1. The van der Waals surface area contributed by atoms with Crippen molar-refractivity contribution in [2.75, 3.05) is 5.32 Å². The van der Waals surface area contributed by atoms with Crippen molar-refractivity contribution in [2.24, 2.45) is 0 Å². The number of rotatable bonds is 3. The van der Waals surface area contributed by atoms with E-state index in [2.05, 4.69) is 31.1 Å². The highest BCUT2D eigenvalue weighted by molar-refractivity contribution is 5.95. The van der Waals surface area contributed by atoms with Crippen LogP contribution in [0.2, 0.25) is 0 Å². The van der Waals surface area contributed by atoms with E-state index in [0.29, 0.717) is 12.1 Å². The maximum atomic E-state index is 12.3. The van der Waals surface area contributed by atoms with Gasteiger partial charge in [-0.1, -0.05) is 56.7 Å². The lowest BCUT2D eigenvalue weighted by molar-refractivity contribution is -0.115. The van der Waals surface area contributed by atoms with Gasteiger partial charge in [-0.2, -0.15) is 0 Å². The van der Waals surface area contributed by atoms with Crippen LogP contribution in [0, 0.1) is 6.92 Å². The first-order valence-corrected chi connectivity index (χ1v) is 8.75. The topological polar surface area (TPSA) is 62.0 Å². The van der Waals surface area contributed by atoms with Crippen molar-refractivity contribution < 1.29 is 4.79 Å². The van der Waals surface area contributed by atoms with Gasteiger partial charge in [-0.15, -0.1) is 0 Å². The van der Waals surface area contributed by atoms with Gasteiger partial charge in [-0.05, 0) is 35.6 Å². The molecule has 4 heteroatoms. The number of hydrogen-bond donors (Lipinski definition) is 2. The molecule has 26 heavy (non-hydrogen) atoms. The van der Waals surface area contributed by atoms with E-state index in [1.807, 2.05) is 49.4 Å². The Morgan fingerprint density at radius 2 is 1.85 bits per heavy atom. The first-order valence-electron chi connectivity index (χ1n) is 8.75. The number of hydrogen-bond acceptors (Lipinski definition) is 2. The predicted molar refractivity (Wildman–Crippen MR) is 107 cm³/mol. The number of aryl methyl sites for hydroxylation is 1. The highest BCUT2D eigenvalue weighted by Gasteiger charge is 2.18. The molecule has 3 rings (SSSR count). The zero-order chi connectivity index (χ0) is 18.9. The van der Waals surface area contributed by atoms with Crippen LogP contribution in [0.15, 0.2) is 53.3 Å². The molecule has 0 aliphatic rings. The summed E-state index contributed by atoms with van der Waals surface area (Å²) in [6.45, 7) is 8.25. The van der Waals surface area contributed by atoms with E-state index < -0.39 is 0 Å². The summed E-state index contributed by atoms with van der Waals surface area (Å²) < 4.78 is 0. The summed E-state index contributed by atoms with van der Waals surface area (Å²) in [6, 6.07) is 15.2. The zero-order valence-corrected chi connectivity index (χ0v) is 15.6. The van der Waals surface area contributed by atoms with Crippen molar-refractivity contribution in [1.82, 2.24) is 4.98 Å². The van der Waals surface area contributed by atoms with Crippen LogP contribution < -0.4 is 10.9 Å². The zero-order valence-electron chi connectivity index (χ0n) is 15.6. The Balaban J connectivity index is 1.87. The molecule has 0 saturated carbocycles. The van der Waals surface area contributed by atoms with Gasteiger partial charge in [0.2, 0.25) is 11.5 Å². The second-order valence-corrected chi connectivity index (χ2v) is 7.77. The molecule has 0 unspecified atom stereocenters. The van der Waals surface area contributed by atoms with E-state index in [9.17, 15) is 9.59 Å². The summed E-state index contributed by atoms with van der Waals surface area (Å²) in [4.78, 5) is 27.2. The van der Waals surface area contributed by atoms with Gasteiger partial charge in [0.1, 0.15) is 0 Å². The molecular formula is C22H24N2O2. The summed E-state index contributed by atoms with van der Waals surface area (Å²) in [5.74, 6) is -0.0794. The first-order chi connectivity index (χ1) is 12.2. The molecule has 2 N–H and O–H groups in total. The summed E-state index contributed by atoms with van der Waals surface area (Å²) >= 11 is 0. The molecule has 134 valence electrons. The first kappa shape index (κ1) is 17.9. The minimum absolute atomic E-state index is 0.0794. The molecule has 1 aromatic heterocycles. The molecule has 0 saturated heterocycles. The van der Waals surface area contributed by atoms with E-state index in [1.54, 1.807) is 6.07 Å². The maximum Gasteiger partial charge on any atom is 0.248 e. The van der Waals surface area contributed by atoms with Gasteiger partial charge in [0.15, 0.2) is 0 Å². The van der Waals surface area contributed by atoms with Crippen LogP contribution in [-0.2, 0) is 16.6 Å². The highest BCUT2D eigenvalue weighted by Crippen LogP contribution is 2.29. The fraction of sp³-hybridized carbons (Fsp3) is 0.273. The molecule has 1 heterocycles. The van der Waals surface area contributed by atoms with E-state index in [0.717, 1.165) is 27.6 Å². The van der Waals surface area contributed by atoms with Crippen molar-refractivity contribution in [3.05, 3.63) is 75.6 Å². The van der Waals surface area contributed by atoms with Crippen molar-refractivity contribution in [2.45, 2.75) is 39.5 Å². The van der Waals surface area contributed by atoms with Gasteiger partial charge in [0.25, 0.3) is 0 Å². The Bertz CT molecular complexity index is 1030. The molecule has 0 spiro atoms. The second-order valence-electron chi connectivity index (χ2n) is 7.77. The second kappa shape index (κ2) is 6.79. The fourth-order valence-electron chi connectivity index (χ4n) is 3.17. The molecule has 0 fully saturated rings. The predicted octanol–water partition coefficient (Wildman–Crippen LogP) is 4.32. The Labute approximate surface area is 153 Å². The third kappa shape index (κ3) is 4.02. The number of aromatic amines is 1. The molecule has 0 radical (unpaired) electrons. The molecule has 0 bridgehead atoms. The van der Waals surface area contributed by atoms with Crippen molar-refractivity contribution >= 4 is 22.5 Å². The molecule has 0 aliphatic carbocycles. The average molecular weight is 348 g/mol. The molecule has 0 atom stereocenters. The maximum absolute atomic E-state index is 12.3. The molecule has 4 nitrogen and oxygen atoms in total. The fourth-order valence-corrected chi connectivity index (χ4v) is 3.17. The molecular weight excluding hydrogens is 324 g/mol. The van der Waals surface area contributed by atoms with Crippen LogP contribution in [0.4, 0.5) is 5.69 Å². The van der Waals surface area contributed by atoms with Crippen LogP contribution >= 0.6 is 0 Å². The number of anilines is 1. The standard InChI is InChI=1S/C22H24N2O2/c1-14-6-5-7-15(10-14)11-20(25)23-16-8-9-17-18(22(2,3)4)13-21(26)24-19(17)12-16/h5-10,12-13H,11H2,1-4H3,(H,23,25)(H,24,26). The SMILES string of the molecule is Cc1cccc(CC(=O)Nc2ccc3c(C(C)(C)C)cc(=O)[nH]c3c2)c1. The Morgan fingerprint density at radius 1 is 1.08 bits per heavy atom. The third-order valence-electron chi connectivity index (χ3n) is 4.38. The van der Waals surface area contributed by atoms with Crippen molar-refractivity contribution in [1.29, 1.82) is 0 Å². The smallest absolute Gasteiger partial charge is 0.248 e. The quantitative estimate of drug-likeness (QED) is 0.741. The number of fused-ring (bicyclic) bond motifs is 1. The lowest BCUT2D eigenvalue weighted by Crippen LogP contribution is -2.18. The minimum atomic E-state index is -0.136. The molecule has 0 aliphatic heterocycles. The van der Waals surface area contributed by atoms with Crippen LogP contribution in [0.3, 0.4) is 0 Å². The summed E-state index contributed by atoms with van der Waals surface area (Å²) in [5, 5.41) is 3.91. The molecule has 1 amide bonds. The Hall–Kier alpha value is -2.88. The summed E-state index contributed by atoms with van der Waals surface area (Å²) in [5.41, 5.74) is 4.25. The van der Waals surface area contributed by atoms with Crippen LogP contribution in [0.1, 0.15) is 37.5 Å². The number of benzene rings is 2. The van der Waals surface area contributed by atoms with Crippen molar-refractivity contribution in [3.8, 4) is 0 Å². The number of carbonyl (C=O) groups is 1. The highest BCUT2D eigenvalue weighted by atomic mass is 16.1. The number of H-pyrrole nitrogens is 1. The lowest BCUT2D eigenvalue weighted by Gasteiger charge is -2.21. The van der Waals surface area contributed by atoms with Crippen LogP contribution in [-0.4, -0.2) is 10.9 Å². The van der Waals surface area contributed by atoms with Gasteiger partial charge in [-0.3, -0.25) is 9.59 Å².